The van der Waals surface area contributed by atoms with E-state index in [2.05, 4.69) is 5.32 Å². The Morgan fingerprint density at radius 1 is 1.11 bits per heavy atom. The number of hydrogen-bond acceptors (Lipinski definition) is 4. The van der Waals surface area contributed by atoms with Crippen LogP contribution >= 0.6 is 0 Å². The van der Waals surface area contributed by atoms with Crippen molar-refractivity contribution in [3.8, 4) is 6.07 Å². The van der Waals surface area contributed by atoms with Gasteiger partial charge in [0.25, 0.3) is 0 Å². The molecule has 0 spiro atoms. The Kier molecular flexibility index (Phi) is 5.82. The number of rotatable bonds is 4. The summed E-state index contributed by atoms with van der Waals surface area (Å²) in [5.74, 6) is -0.282. The Morgan fingerprint density at radius 2 is 1.75 bits per heavy atom. The number of nitrogens with zero attached hydrogens (tertiary/aromatic N) is 2. The Hall–Kier alpha value is -2.69. The normalized spacial score (nSPS) is 15.8. The lowest BCUT2D eigenvalue weighted by atomic mass is 9.97. The number of anilines is 1. The maximum atomic E-state index is 12.8. The molecule has 1 heterocycles. The highest BCUT2D eigenvalue weighted by molar-refractivity contribution is 7.89. The number of sulfonamides is 1. The van der Waals surface area contributed by atoms with Gasteiger partial charge in [-0.25, -0.2) is 8.42 Å². The second kappa shape index (κ2) is 8.13. The molecule has 146 valence electrons. The number of piperidine rings is 1. The van der Waals surface area contributed by atoms with E-state index in [1.807, 2.05) is 38.1 Å². The topological polar surface area (TPSA) is 90.3 Å². The summed E-state index contributed by atoms with van der Waals surface area (Å²) in [4.78, 5) is 12.8. The molecular weight excluding hydrogens is 374 g/mol. The van der Waals surface area contributed by atoms with Gasteiger partial charge in [-0.3, -0.25) is 4.79 Å². The van der Waals surface area contributed by atoms with Crippen LogP contribution in [0.25, 0.3) is 0 Å². The Labute approximate surface area is 165 Å². The maximum Gasteiger partial charge on any atom is 0.243 e. The predicted octanol–water partition coefficient (Wildman–Crippen LogP) is 3.21. The zero-order chi connectivity index (χ0) is 20.3. The van der Waals surface area contributed by atoms with Gasteiger partial charge >= 0.3 is 0 Å². The summed E-state index contributed by atoms with van der Waals surface area (Å²) >= 11 is 0. The molecule has 0 aliphatic carbocycles. The number of benzene rings is 2. The molecule has 2 aromatic carbocycles. The van der Waals surface area contributed by atoms with E-state index >= 15 is 0 Å². The van der Waals surface area contributed by atoms with Crippen molar-refractivity contribution in [1.82, 2.24) is 4.31 Å². The monoisotopic (exact) mass is 397 g/mol. The molecule has 0 saturated carbocycles. The average Bonchev–Trinajstić information content (AvgIpc) is 2.70. The van der Waals surface area contributed by atoms with Crippen molar-refractivity contribution in [2.45, 2.75) is 31.6 Å². The molecule has 1 aliphatic heterocycles. The van der Waals surface area contributed by atoms with Crippen LogP contribution in [-0.4, -0.2) is 31.7 Å². The van der Waals surface area contributed by atoms with Gasteiger partial charge in [-0.1, -0.05) is 17.7 Å². The standard InChI is InChI=1S/C21H23N3O3S/c1-15-3-8-20(16(2)13-15)23-21(25)18-9-11-24(12-10-18)28(26,27)19-6-4-17(14-22)5-7-19/h3-8,13,18H,9-12H2,1-2H3,(H,23,25). The molecule has 28 heavy (non-hydrogen) atoms. The number of nitrogens with one attached hydrogen (secondary N) is 1. The van der Waals surface area contributed by atoms with E-state index in [1.165, 1.54) is 28.6 Å². The third-order valence-electron chi connectivity index (χ3n) is 5.09. The summed E-state index contributed by atoms with van der Waals surface area (Å²) in [5.41, 5.74) is 3.36. The summed E-state index contributed by atoms with van der Waals surface area (Å²) < 4.78 is 27.0. The van der Waals surface area contributed by atoms with Gasteiger partial charge in [-0.05, 0) is 62.6 Å². The van der Waals surface area contributed by atoms with Crippen LogP contribution in [0.15, 0.2) is 47.4 Å². The summed E-state index contributed by atoms with van der Waals surface area (Å²) in [6.07, 6.45) is 0.957. The van der Waals surface area contributed by atoms with Gasteiger partial charge in [-0.15, -0.1) is 0 Å². The first kappa shape index (κ1) is 20.1. The van der Waals surface area contributed by atoms with Crippen LogP contribution in [0.3, 0.4) is 0 Å². The Balaban J connectivity index is 1.63. The number of carbonyl (C=O) groups excluding carboxylic acids is 1. The lowest BCUT2D eigenvalue weighted by molar-refractivity contribution is -0.120. The minimum Gasteiger partial charge on any atom is -0.326 e. The van der Waals surface area contributed by atoms with Crippen molar-refractivity contribution >= 4 is 21.6 Å². The van der Waals surface area contributed by atoms with Gasteiger partial charge in [0.15, 0.2) is 0 Å². The summed E-state index contributed by atoms with van der Waals surface area (Å²) in [6.45, 7) is 4.55. The first-order valence-electron chi connectivity index (χ1n) is 9.19. The molecule has 3 rings (SSSR count). The third kappa shape index (κ3) is 4.24. The van der Waals surface area contributed by atoms with E-state index < -0.39 is 10.0 Å². The SMILES string of the molecule is Cc1ccc(NC(=O)C2CCN(S(=O)(=O)c3ccc(C#N)cc3)CC2)c(C)c1. The van der Waals surface area contributed by atoms with Crippen molar-refractivity contribution in [1.29, 1.82) is 5.26 Å². The molecule has 0 atom stereocenters. The average molecular weight is 398 g/mol. The number of amides is 1. The fraction of sp³-hybridized carbons (Fsp3) is 0.333. The fourth-order valence-corrected chi connectivity index (χ4v) is 4.87. The Morgan fingerprint density at radius 3 is 2.32 bits per heavy atom. The van der Waals surface area contributed by atoms with Crippen molar-refractivity contribution < 1.29 is 13.2 Å². The van der Waals surface area contributed by atoms with Crippen molar-refractivity contribution in [2.75, 3.05) is 18.4 Å². The molecule has 2 aromatic rings. The van der Waals surface area contributed by atoms with Crippen LogP contribution in [0, 0.1) is 31.1 Å². The van der Waals surface area contributed by atoms with Crippen LogP contribution in [0.4, 0.5) is 5.69 Å². The minimum absolute atomic E-state index is 0.0672. The highest BCUT2D eigenvalue weighted by Crippen LogP contribution is 2.26. The van der Waals surface area contributed by atoms with Crippen LogP contribution in [0.1, 0.15) is 29.5 Å². The second-order valence-electron chi connectivity index (χ2n) is 7.12. The van der Waals surface area contributed by atoms with E-state index in [4.69, 9.17) is 5.26 Å². The van der Waals surface area contributed by atoms with E-state index in [-0.39, 0.29) is 16.7 Å². The van der Waals surface area contributed by atoms with E-state index in [0.29, 0.717) is 31.5 Å². The number of aryl methyl sites for hydroxylation is 2. The molecule has 0 aromatic heterocycles. The van der Waals surface area contributed by atoms with Crippen LogP contribution in [-0.2, 0) is 14.8 Å². The first-order valence-corrected chi connectivity index (χ1v) is 10.6. The van der Waals surface area contributed by atoms with Crippen LogP contribution in [0.2, 0.25) is 0 Å². The first-order chi connectivity index (χ1) is 13.3. The maximum absolute atomic E-state index is 12.8. The number of carbonyl (C=O) groups is 1. The van der Waals surface area contributed by atoms with Crippen LogP contribution < -0.4 is 5.32 Å². The lowest BCUT2D eigenvalue weighted by Gasteiger charge is -2.30. The van der Waals surface area contributed by atoms with Gasteiger partial charge in [0.2, 0.25) is 15.9 Å². The number of nitriles is 1. The van der Waals surface area contributed by atoms with Gasteiger partial charge in [0.05, 0.1) is 16.5 Å². The third-order valence-corrected chi connectivity index (χ3v) is 7.00. The van der Waals surface area contributed by atoms with Crippen molar-refractivity contribution in [2.24, 2.45) is 5.92 Å². The molecule has 0 bridgehead atoms. The second-order valence-corrected chi connectivity index (χ2v) is 9.06. The largest absolute Gasteiger partial charge is 0.326 e. The molecule has 1 N–H and O–H groups in total. The Bertz CT molecular complexity index is 1020. The molecule has 6 nitrogen and oxygen atoms in total. The van der Waals surface area contributed by atoms with E-state index in [1.54, 1.807) is 0 Å². The van der Waals surface area contributed by atoms with Gasteiger partial charge in [0.1, 0.15) is 0 Å². The van der Waals surface area contributed by atoms with E-state index in [0.717, 1.165) is 16.8 Å². The molecule has 0 unspecified atom stereocenters. The van der Waals surface area contributed by atoms with Crippen molar-refractivity contribution in [3.63, 3.8) is 0 Å². The smallest absolute Gasteiger partial charge is 0.243 e. The zero-order valence-electron chi connectivity index (χ0n) is 16.0. The minimum atomic E-state index is -3.61. The van der Waals surface area contributed by atoms with Gasteiger partial charge in [0, 0.05) is 24.7 Å². The molecular formula is C21H23N3O3S. The fourth-order valence-electron chi connectivity index (χ4n) is 3.40. The highest BCUT2D eigenvalue weighted by Gasteiger charge is 2.32. The molecule has 0 radical (unpaired) electrons. The quantitative estimate of drug-likeness (QED) is 0.858. The summed E-state index contributed by atoms with van der Waals surface area (Å²) in [5, 5.41) is 11.8. The molecule has 1 aliphatic rings. The van der Waals surface area contributed by atoms with Crippen molar-refractivity contribution in [3.05, 3.63) is 59.2 Å². The molecule has 1 amide bonds. The molecule has 1 saturated heterocycles. The molecule has 7 heteroatoms. The van der Waals surface area contributed by atoms with Gasteiger partial charge < -0.3 is 5.32 Å². The lowest BCUT2D eigenvalue weighted by Crippen LogP contribution is -2.41. The summed E-state index contributed by atoms with van der Waals surface area (Å²) in [6, 6.07) is 13.7. The van der Waals surface area contributed by atoms with Crippen LogP contribution in [0.5, 0.6) is 0 Å². The molecule has 1 fully saturated rings. The zero-order valence-corrected chi connectivity index (χ0v) is 16.8. The predicted molar refractivity (Wildman–Crippen MR) is 107 cm³/mol. The highest BCUT2D eigenvalue weighted by atomic mass is 32.2. The summed E-state index contributed by atoms with van der Waals surface area (Å²) in [7, 11) is -3.61. The number of hydrogen-bond donors (Lipinski definition) is 1. The van der Waals surface area contributed by atoms with Gasteiger partial charge in [-0.2, -0.15) is 9.57 Å². The van der Waals surface area contributed by atoms with E-state index in [9.17, 15) is 13.2 Å².